The van der Waals surface area contributed by atoms with Crippen molar-refractivity contribution in [2.75, 3.05) is 0 Å². The van der Waals surface area contributed by atoms with Gasteiger partial charge >= 0.3 is 7.12 Å². The minimum Gasteiger partial charge on any atom is -0.399 e. The van der Waals surface area contributed by atoms with E-state index in [0.29, 0.717) is 5.92 Å². The van der Waals surface area contributed by atoms with Crippen LogP contribution in [0.3, 0.4) is 0 Å². The van der Waals surface area contributed by atoms with E-state index in [2.05, 4.69) is 56.9 Å². The summed E-state index contributed by atoms with van der Waals surface area (Å²) in [5, 5.41) is 2.40. The molecule has 2 fully saturated rings. The highest BCUT2D eigenvalue weighted by Crippen LogP contribution is 2.40. The fraction of sp³-hybridized carbons (Fsp3) is 0.500. The molecule has 2 aliphatic rings. The van der Waals surface area contributed by atoms with Gasteiger partial charge in [0.25, 0.3) is 0 Å². The number of hydrogen-bond donors (Lipinski definition) is 0. The van der Waals surface area contributed by atoms with E-state index in [1.807, 2.05) is 6.20 Å². The number of hydrogen-bond acceptors (Lipinski definition) is 3. The summed E-state index contributed by atoms with van der Waals surface area (Å²) < 4.78 is 12.3. The Kier molecular flexibility index (Phi) is 2.95. The molecule has 1 aromatic heterocycles. The van der Waals surface area contributed by atoms with Crippen LogP contribution in [-0.4, -0.2) is 23.3 Å². The van der Waals surface area contributed by atoms with Crippen molar-refractivity contribution in [2.24, 2.45) is 0 Å². The zero-order valence-electron chi connectivity index (χ0n) is 13.7. The molecular weight excluding hydrogens is 273 g/mol. The van der Waals surface area contributed by atoms with Crippen molar-refractivity contribution in [1.29, 1.82) is 0 Å². The minimum absolute atomic E-state index is 0.299. The summed E-state index contributed by atoms with van der Waals surface area (Å²) in [6, 6.07) is 8.61. The van der Waals surface area contributed by atoms with Crippen molar-refractivity contribution in [3.05, 3.63) is 36.2 Å². The van der Waals surface area contributed by atoms with E-state index < -0.39 is 0 Å². The lowest BCUT2D eigenvalue weighted by Gasteiger charge is -2.32. The van der Waals surface area contributed by atoms with Gasteiger partial charge in [0.2, 0.25) is 0 Å². The summed E-state index contributed by atoms with van der Waals surface area (Å²) in [6.45, 7) is 8.35. The van der Waals surface area contributed by atoms with Crippen LogP contribution in [0.25, 0.3) is 10.8 Å². The maximum atomic E-state index is 6.15. The van der Waals surface area contributed by atoms with Crippen LogP contribution in [0.4, 0.5) is 0 Å². The normalized spacial score (nSPS) is 23.2. The third-order valence-electron chi connectivity index (χ3n) is 5.29. The maximum absolute atomic E-state index is 6.15. The number of benzene rings is 1. The fourth-order valence-corrected chi connectivity index (χ4v) is 2.90. The molecule has 2 aromatic rings. The van der Waals surface area contributed by atoms with Gasteiger partial charge in [0, 0.05) is 17.8 Å². The van der Waals surface area contributed by atoms with Crippen molar-refractivity contribution >= 4 is 23.4 Å². The quantitative estimate of drug-likeness (QED) is 0.796. The zero-order chi connectivity index (χ0) is 15.5. The molecule has 0 amide bonds. The predicted octanol–water partition coefficient (Wildman–Crippen LogP) is 3.41. The van der Waals surface area contributed by atoms with Gasteiger partial charge in [-0.15, -0.1) is 0 Å². The number of rotatable bonds is 2. The Balaban J connectivity index is 1.70. The van der Waals surface area contributed by atoms with Crippen LogP contribution in [0.2, 0.25) is 0 Å². The highest BCUT2D eigenvalue weighted by Gasteiger charge is 2.51. The second-order valence-corrected chi connectivity index (χ2v) is 7.58. The van der Waals surface area contributed by atoms with Crippen LogP contribution < -0.4 is 5.46 Å². The standard InChI is InChI=1S/C18H22BNO2/c1-17(2)18(3,4)22-19(21-17)15-8-7-13-11-20-16(12-5-6-12)10-14(13)9-15/h7-12H,5-6H2,1-4H3. The Hall–Kier alpha value is -1.39. The van der Waals surface area contributed by atoms with E-state index in [0.717, 1.165) is 5.46 Å². The van der Waals surface area contributed by atoms with Crippen LogP contribution in [0.15, 0.2) is 30.5 Å². The summed E-state index contributed by atoms with van der Waals surface area (Å²) >= 11 is 0. The zero-order valence-corrected chi connectivity index (χ0v) is 13.7. The van der Waals surface area contributed by atoms with Gasteiger partial charge < -0.3 is 9.31 Å². The topological polar surface area (TPSA) is 31.4 Å². The minimum atomic E-state index is -0.302. The van der Waals surface area contributed by atoms with Crippen LogP contribution in [0.5, 0.6) is 0 Å². The highest BCUT2D eigenvalue weighted by molar-refractivity contribution is 6.62. The van der Waals surface area contributed by atoms with E-state index in [4.69, 9.17) is 9.31 Å². The van der Waals surface area contributed by atoms with E-state index in [9.17, 15) is 0 Å². The van der Waals surface area contributed by atoms with Crippen molar-refractivity contribution in [1.82, 2.24) is 4.98 Å². The summed E-state index contributed by atoms with van der Waals surface area (Å²) in [5.74, 6) is 0.671. The molecule has 22 heavy (non-hydrogen) atoms. The fourth-order valence-electron chi connectivity index (χ4n) is 2.90. The Morgan fingerprint density at radius 1 is 1.00 bits per heavy atom. The Morgan fingerprint density at radius 3 is 2.32 bits per heavy atom. The molecule has 1 aromatic carbocycles. The van der Waals surface area contributed by atoms with Crippen LogP contribution in [0, 0.1) is 0 Å². The number of aromatic nitrogens is 1. The largest absolute Gasteiger partial charge is 0.494 e. The number of pyridine rings is 1. The maximum Gasteiger partial charge on any atom is 0.494 e. The van der Waals surface area contributed by atoms with E-state index in [1.165, 1.54) is 29.3 Å². The lowest BCUT2D eigenvalue weighted by atomic mass is 9.78. The molecular formula is C18H22BNO2. The van der Waals surface area contributed by atoms with Crippen molar-refractivity contribution in [2.45, 2.75) is 57.7 Å². The lowest BCUT2D eigenvalue weighted by molar-refractivity contribution is 0.00578. The van der Waals surface area contributed by atoms with Gasteiger partial charge in [-0.3, -0.25) is 4.98 Å². The molecule has 4 heteroatoms. The SMILES string of the molecule is CC1(C)OB(c2ccc3cnc(C4CC4)cc3c2)OC1(C)C. The van der Waals surface area contributed by atoms with Gasteiger partial charge in [0.1, 0.15) is 0 Å². The first-order chi connectivity index (χ1) is 10.4. The molecule has 1 saturated carbocycles. The Labute approximate surface area is 132 Å². The van der Waals surface area contributed by atoms with Gasteiger partial charge in [-0.25, -0.2) is 0 Å². The lowest BCUT2D eigenvalue weighted by Crippen LogP contribution is -2.41. The van der Waals surface area contributed by atoms with Crippen LogP contribution in [-0.2, 0) is 9.31 Å². The first-order valence-electron chi connectivity index (χ1n) is 8.11. The first-order valence-corrected chi connectivity index (χ1v) is 8.11. The molecule has 1 saturated heterocycles. The molecule has 3 nitrogen and oxygen atoms in total. The molecule has 2 heterocycles. The molecule has 114 valence electrons. The van der Waals surface area contributed by atoms with E-state index >= 15 is 0 Å². The van der Waals surface area contributed by atoms with Gasteiger partial charge in [-0.1, -0.05) is 18.2 Å². The molecule has 4 rings (SSSR count). The summed E-state index contributed by atoms with van der Waals surface area (Å²) in [5.41, 5.74) is 1.70. The van der Waals surface area contributed by atoms with Gasteiger partial charge in [-0.2, -0.15) is 0 Å². The Bertz CT molecular complexity index is 721. The predicted molar refractivity (Wildman–Crippen MR) is 89.4 cm³/mol. The second kappa shape index (κ2) is 4.56. The van der Waals surface area contributed by atoms with Crippen molar-refractivity contribution in [3.8, 4) is 0 Å². The molecule has 1 aliphatic heterocycles. The summed E-state index contributed by atoms with van der Waals surface area (Å²) in [6.07, 6.45) is 4.53. The average molecular weight is 295 g/mol. The molecule has 0 N–H and O–H groups in total. The third kappa shape index (κ3) is 2.25. The third-order valence-corrected chi connectivity index (χ3v) is 5.29. The smallest absolute Gasteiger partial charge is 0.399 e. The first kappa shape index (κ1) is 14.2. The van der Waals surface area contributed by atoms with E-state index in [1.54, 1.807) is 0 Å². The summed E-state index contributed by atoms with van der Waals surface area (Å²) in [7, 11) is -0.299. The number of nitrogens with zero attached hydrogens (tertiary/aromatic N) is 1. The molecule has 0 radical (unpaired) electrons. The molecule has 1 aliphatic carbocycles. The molecule has 0 atom stereocenters. The Morgan fingerprint density at radius 2 is 1.68 bits per heavy atom. The van der Waals surface area contributed by atoms with Crippen molar-refractivity contribution in [3.63, 3.8) is 0 Å². The molecule has 0 spiro atoms. The average Bonchev–Trinajstić information content (AvgIpc) is 3.26. The number of fused-ring (bicyclic) bond motifs is 1. The molecule has 0 unspecified atom stereocenters. The van der Waals surface area contributed by atoms with Gasteiger partial charge in [0.05, 0.1) is 11.2 Å². The van der Waals surface area contributed by atoms with Crippen LogP contribution >= 0.6 is 0 Å². The molecule has 0 bridgehead atoms. The van der Waals surface area contributed by atoms with Crippen LogP contribution in [0.1, 0.15) is 52.1 Å². The van der Waals surface area contributed by atoms with E-state index in [-0.39, 0.29) is 18.3 Å². The second-order valence-electron chi connectivity index (χ2n) is 7.58. The monoisotopic (exact) mass is 295 g/mol. The highest BCUT2D eigenvalue weighted by atomic mass is 16.7. The summed E-state index contributed by atoms with van der Waals surface area (Å²) in [4.78, 5) is 4.58. The van der Waals surface area contributed by atoms with Crippen molar-refractivity contribution < 1.29 is 9.31 Å². The van der Waals surface area contributed by atoms with Gasteiger partial charge in [-0.05, 0) is 62.8 Å². The van der Waals surface area contributed by atoms with Gasteiger partial charge in [0.15, 0.2) is 0 Å².